The van der Waals surface area contributed by atoms with Crippen LogP contribution in [-0.2, 0) is 22.5 Å². The zero-order chi connectivity index (χ0) is 14.4. The average molecular weight is 290 g/mol. The van der Waals surface area contributed by atoms with E-state index in [4.69, 9.17) is 0 Å². The van der Waals surface area contributed by atoms with Gasteiger partial charge in [0, 0.05) is 28.5 Å². The summed E-state index contributed by atoms with van der Waals surface area (Å²) in [5.74, 6) is -0.201. The van der Waals surface area contributed by atoms with E-state index in [-0.39, 0.29) is 12.0 Å². The van der Waals surface area contributed by atoms with Gasteiger partial charge in [-0.2, -0.15) is 0 Å². The quantitative estimate of drug-likeness (QED) is 0.831. The molecule has 0 saturated carbocycles. The Hall–Kier alpha value is -1.72. The fourth-order valence-electron chi connectivity index (χ4n) is 1.82. The third-order valence-corrected chi connectivity index (χ3v) is 4.06. The smallest absolute Gasteiger partial charge is 0.310 e. The summed E-state index contributed by atoms with van der Waals surface area (Å²) in [4.78, 5) is 17.8. The highest BCUT2D eigenvalue weighted by Gasteiger charge is 2.08. The van der Waals surface area contributed by atoms with Gasteiger partial charge in [0.05, 0.1) is 19.2 Å². The number of aromatic nitrogens is 1. The lowest BCUT2D eigenvalue weighted by atomic mass is 10.2. The Morgan fingerprint density at radius 2 is 2.15 bits per heavy atom. The first-order valence-electron chi connectivity index (χ1n) is 6.47. The molecule has 2 aromatic heterocycles. The minimum atomic E-state index is -0.201. The number of hydrogen-bond acceptors (Lipinski definition) is 5. The first-order valence-corrected chi connectivity index (χ1v) is 7.29. The number of carbonyl (C=O) groups excluding carboxylic acids is 1. The number of esters is 1. The molecule has 0 aliphatic rings. The van der Waals surface area contributed by atoms with Gasteiger partial charge in [-0.15, -0.1) is 11.3 Å². The molecule has 0 fully saturated rings. The van der Waals surface area contributed by atoms with E-state index in [0.717, 1.165) is 17.1 Å². The molecule has 0 aliphatic heterocycles. The van der Waals surface area contributed by atoms with Crippen LogP contribution in [0.4, 0.5) is 0 Å². The molecule has 2 aromatic rings. The van der Waals surface area contributed by atoms with E-state index in [2.05, 4.69) is 22.0 Å². The molecule has 0 aliphatic carbocycles. The molecule has 0 amide bonds. The minimum absolute atomic E-state index is 0.197. The zero-order valence-electron chi connectivity index (χ0n) is 11.6. The number of thiophene rings is 1. The van der Waals surface area contributed by atoms with Gasteiger partial charge in [0.25, 0.3) is 0 Å². The lowest BCUT2D eigenvalue weighted by Crippen LogP contribution is -2.18. The average Bonchev–Trinajstić information content (AvgIpc) is 2.93. The van der Waals surface area contributed by atoms with E-state index in [1.807, 2.05) is 30.3 Å². The zero-order valence-corrected chi connectivity index (χ0v) is 12.4. The van der Waals surface area contributed by atoms with E-state index in [1.165, 1.54) is 12.0 Å². The number of hydrogen-bond donors (Lipinski definition) is 1. The summed E-state index contributed by atoms with van der Waals surface area (Å²) in [7, 11) is 1.41. The van der Waals surface area contributed by atoms with Crippen molar-refractivity contribution in [2.75, 3.05) is 7.11 Å². The third-order valence-electron chi connectivity index (χ3n) is 2.98. The maximum absolute atomic E-state index is 11.2. The number of nitrogens with one attached hydrogen (secondary N) is 1. The van der Waals surface area contributed by atoms with Crippen molar-refractivity contribution in [1.82, 2.24) is 10.3 Å². The second kappa shape index (κ2) is 7.17. The fraction of sp³-hybridized carbons (Fsp3) is 0.333. The summed E-state index contributed by atoms with van der Waals surface area (Å²) in [6.07, 6.45) is 2.14. The lowest BCUT2D eigenvalue weighted by Gasteiger charge is -2.12. The summed E-state index contributed by atoms with van der Waals surface area (Å²) in [6.45, 7) is 2.86. The van der Waals surface area contributed by atoms with Crippen LogP contribution in [0, 0.1) is 0 Å². The molecule has 0 aromatic carbocycles. The third kappa shape index (κ3) is 4.15. The predicted octanol–water partition coefficient (Wildman–Crippen LogP) is 2.71. The van der Waals surface area contributed by atoms with E-state index >= 15 is 0 Å². The normalized spacial score (nSPS) is 12.1. The molecular weight excluding hydrogens is 272 g/mol. The van der Waals surface area contributed by atoms with Crippen LogP contribution in [0.1, 0.15) is 28.4 Å². The van der Waals surface area contributed by atoms with Crippen LogP contribution in [0.15, 0.2) is 36.5 Å². The van der Waals surface area contributed by atoms with Crippen molar-refractivity contribution in [1.29, 1.82) is 0 Å². The van der Waals surface area contributed by atoms with Crippen molar-refractivity contribution in [3.8, 4) is 0 Å². The first kappa shape index (κ1) is 14.7. The second-order valence-corrected chi connectivity index (χ2v) is 5.73. The van der Waals surface area contributed by atoms with Crippen LogP contribution in [0.3, 0.4) is 0 Å². The van der Waals surface area contributed by atoms with Gasteiger partial charge in [-0.25, -0.2) is 0 Å². The fourth-order valence-corrected chi connectivity index (χ4v) is 2.77. The van der Waals surface area contributed by atoms with Gasteiger partial charge in [-0.1, -0.05) is 6.07 Å². The van der Waals surface area contributed by atoms with Crippen molar-refractivity contribution < 1.29 is 9.53 Å². The number of rotatable bonds is 6. The van der Waals surface area contributed by atoms with E-state index in [0.29, 0.717) is 6.42 Å². The summed E-state index contributed by atoms with van der Waals surface area (Å²) < 4.78 is 4.66. The molecule has 0 spiro atoms. The van der Waals surface area contributed by atoms with Gasteiger partial charge < -0.3 is 10.1 Å². The maximum Gasteiger partial charge on any atom is 0.310 e. The maximum atomic E-state index is 11.2. The monoisotopic (exact) mass is 290 g/mol. The number of ether oxygens (including phenoxy) is 1. The molecule has 2 heterocycles. The van der Waals surface area contributed by atoms with Gasteiger partial charge in [0.1, 0.15) is 0 Å². The molecule has 0 bridgehead atoms. The molecule has 5 heteroatoms. The standard InChI is InChI=1S/C15H18N2O2S/c1-11(14-5-3-4-8-16-14)17-10-13-7-6-12(20-13)9-15(18)19-2/h3-8,11,17H,9-10H2,1-2H3. The number of nitrogens with zero attached hydrogens (tertiary/aromatic N) is 1. The van der Waals surface area contributed by atoms with Crippen LogP contribution in [-0.4, -0.2) is 18.1 Å². The van der Waals surface area contributed by atoms with Crippen molar-refractivity contribution >= 4 is 17.3 Å². The largest absolute Gasteiger partial charge is 0.469 e. The summed E-state index contributed by atoms with van der Waals surface area (Å²) in [5, 5.41) is 3.43. The number of pyridine rings is 1. The molecular formula is C15H18N2O2S. The number of methoxy groups -OCH3 is 1. The van der Waals surface area contributed by atoms with Gasteiger partial charge in [-0.3, -0.25) is 9.78 Å². The van der Waals surface area contributed by atoms with Crippen molar-refractivity contribution in [2.24, 2.45) is 0 Å². The molecule has 1 unspecified atom stereocenters. The van der Waals surface area contributed by atoms with Gasteiger partial charge >= 0.3 is 5.97 Å². The summed E-state index contributed by atoms with van der Waals surface area (Å²) in [6, 6.07) is 10.1. The van der Waals surface area contributed by atoms with Crippen molar-refractivity contribution in [2.45, 2.75) is 25.9 Å². The van der Waals surface area contributed by atoms with Crippen molar-refractivity contribution in [3.05, 3.63) is 52.0 Å². The predicted molar refractivity (Wildman–Crippen MR) is 79.5 cm³/mol. The van der Waals surface area contributed by atoms with Gasteiger partial charge in [-0.05, 0) is 31.2 Å². The summed E-state index contributed by atoms with van der Waals surface area (Å²) >= 11 is 1.63. The Labute approximate surface area is 122 Å². The first-order chi connectivity index (χ1) is 9.69. The van der Waals surface area contributed by atoms with Crippen LogP contribution in [0.25, 0.3) is 0 Å². The van der Waals surface area contributed by atoms with Crippen LogP contribution >= 0.6 is 11.3 Å². The lowest BCUT2D eigenvalue weighted by molar-refractivity contribution is -0.139. The highest BCUT2D eigenvalue weighted by atomic mass is 32.1. The van der Waals surface area contributed by atoms with Gasteiger partial charge in [0.15, 0.2) is 0 Å². The molecule has 1 N–H and O–H groups in total. The van der Waals surface area contributed by atoms with E-state index < -0.39 is 0 Å². The Bertz CT molecular complexity index is 554. The Morgan fingerprint density at radius 1 is 1.35 bits per heavy atom. The Balaban J connectivity index is 1.87. The topological polar surface area (TPSA) is 51.2 Å². The highest BCUT2D eigenvalue weighted by molar-refractivity contribution is 7.12. The Morgan fingerprint density at radius 3 is 2.85 bits per heavy atom. The molecule has 2 rings (SSSR count). The van der Waals surface area contributed by atoms with Crippen LogP contribution in [0.2, 0.25) is 0 Å². The molecule has 4 nitrogen and oxygen atoms in total. The number of carbonyl (C=O) groups is 1. The van der Waals surface area contributed by atoms with Crippen LogP contribution < -0.4 is 5.32 Å². The summed E-state index contributed by atoms with van der Waals surface area (Å²) in [5.41, 5.74) is 1.03. The van der Waals surface area contributed by atoms with Crippen LogP contribution in [0.5, 0.6) is 0 Å². The van der Waals surface area contributed by atoms with E-state index in [9.17, 15) is 4.79 Å². The second-order valence-electron chi connectivity index (χ2n) is 4.48. The van der Waals surface area contributed by atoms with E-state index in [1.54, 1.807) is 17.5 Å². The molecule has 0 saturated heterocycles. The van der Waals surface area contributed by atoms with Gasteiger partial charge in [0.2, 0.25) is 0 Å². The Kier molecular flexibility index (Phi) is 5.26. The van der Waals surface area contributed by atoms with Crippen molar-refractivity contribution in [3.63, 3.8) is 0 Å². The molecule has 20 heavy (non-hydrogen) atoms. The highest BCUT2D eigenvalue weighted by Crippen LogP contribution is 2.18. The molecule has 0 radical (unpaired) electrons. The molecule has 1 atom stereocenters. The minimum Gasteiger partial charge on any atom is -0.469 e. The SMILES string of the molecule is COC(=O)Cc1ccc(CNC(C)c2ccccn2)s1. The molecule has 106 valence electrons.